The molecule has 1 saturated heterocycles. The molecule has 1 fully saturated rings. The summed E-state index contributed by atoms with van der Waals surface area (Å²) in [5.41, 5.74) is 0. The fraction of sp³-hybridized carbons (Fsp3) is 0.833. The predicted octanol–water partition coefficient (Wildman–Crippen LogP) is 3.14. The molecule has 13 heavy (non-hydrogen) atoms. The smallest absolute Gasteiger partial charge is 0.0584 e. The fourth-order valence-electron chi connectivity index (χ4n) is 1.57. The summed E-state index contributed by atoms with van der Waals surface area (Å²) >= 11 is 0. The molecule has 0 saturated carbocycles. The highest BCUT2D eigenvalue weighted by molar-refractivity contribution is 4.98. The molecule has 0 aromatic heterocycles. The van der Waals surface area contributed by atoms with Crippen molar-refractivity contribution in [3.05, 3.63) is 0 Å². The maximum absolute atomic E-state index is 5.62. The maximum atomic E-state index is 5.62. The second kappa shape index (κ2) is 6.97. The van der Waals surface area contributed by atoms with E-state index < -0.39 is 0 Å². The number of hydrogen-bond acceptors (Lipinski definition) is 1. The van der Waals surface area contributed by atoms with Gasteiger partial charge in [0.15, 0.2) is 0 Å². The molecule has 1 heteroatoms. The van der Waals surface area contributed by atoms with Gasteiger partial charge in [0, 0.05) is 19.4 Å². The Morgan fingerprint density at radius 2 is 2.08 bits per heavy atom. The first-order chi connectivity index (χ1) is 6.43. The summed E-state index contributed by atoms with van der Waals surface area (Å²) in [5.74, 6) is 6.37. The van der Waals surface area contributed by atoms with Crippen LogP contribution in [0.2, 0.25) is 0 Å². The van der Waals surface area contributed by atoms with Crippen LogP contribution in [0.25, 0.3) is 0 Å². The summed E-state index contributed by atoms with van der Waals surface area (Å²) in [6.07, 6.45) is 8.71. The molecule has 0 amide bonds. The zero-order chi connectivity index (χ0) is 9.36. The normalized spacial score (nSPS) is 22.1. The average Bonchev–Trinajstić information content (AvgIpc) is 2.19. The van der Waals surface area contributed by atoms with E-state index >= 15 is 0 Å². The minimum Gasteiger partial charge on any atom is -0.378 e. The van der Waals surface area contributed by atoms with Crippen LogP contribution in [-0.2, 0) is 4.74 Å². The molecule has 0 N–H and O–H groups in total. The third-order valence-electron chi connectivity index (χ3n) is 2.37. The molecule has 0 radical (unpaired) electrons. The van der Waals surface area contributed by atoms with Crippen molar-refractivity contribution in [1.82, 2.24) is 0 Å². The van der Waals surface area contributed by atoms with E-state index in [0.29, 0.717) is 6.10 Å². The van der Waals surface area contributed by atoms with Gasteiger partial charge < -0.3 is 4.74 Å². The Hall–Kier alpha value is -0.480. The van der Waals surface area contributed by atoms with Gasteiger partial charge >= 0.3 is 0 Å². The molecule has 1 nitrogen and oxygen atoms in total. The van der Waals surface area contributed by atoms with Crippen LogP contribution in [-0.4, -0.2) is 12.7 Å². The van der Waals surface area contributed by atoms with Gasteiger partial charge in [-0.05, 0) is 32.1 Å². The minimum atomic E-state index is 0.504. The zero-order valence-electron chi connectivity index (χ0n) is 8.64. The van der Waals surface area contributed by atoms with Crippen molar-refractivity contribution >= 4 is 0 Å². The quantitative estimate of drug-likeness (QED) is 0.606. The molecule has 0 spiro atoms. The van der Waals surface area contributed by atoms with Crippen LogP contribution in [0.4, 0.5) is 0 Å². The number of hydrogen-bond donors (Lipinski definition) is 0. The summed E-state index contributed by atoms with van der Waals surface area (Å²) in [6, 6.07) is 0. The second-order valence-electron chi connectivity index (χ2n) is 3.63. The molecule has 1 unspecified atom stereocenters. The molecule has 0 aromatic rings. The van der Waals surface area contributed by atoms with E-state index in [2.05, 4.69) is 18.8 Å². The molecule has 0 aliphatic carbocycles. The number of rotatable bonds is 3. The number of ether oxygens (including phenoxy) is 1. The van der Waals surface area contributed by atoms with Gasteiger partial charge in [0.05, 0.1) is 6.10 Å². The zero-order valence-corrected chi connectivity index (χ0v) is 8.64. The lowest BCUT2D eigenvalue weighted by Gasteiger charge is -2.21. The molecular weight excluding hydrogens is 160 g/mol. The fourth-order valence-corrected chi connectivity index (χ4v) is 1.57. The van der Waals surface area contributed by atoms with E-state index in [0.717, 1.165) is 25.9 Å². The van der Waals surface area contributed by atoms with Gasteiger partial charge in [0.25, 0.3) is 0 Å². The lowest BCUT2D eigenvalue weighted by atomic mass is 10.1. The topological polar surface area (TPSA) is 9.23 Å². The van der Waals surface area contributed by atoms with Gasteiger partial charge in [-0.15, -0.1) is 11.8 Å². The van der Waals surface area contributed by atoms with Crippen LogP contribution < -0.4 is 0 Å². The van der Waals surface area contributed by atoms with Crippen LogP contribution in [0.15, 0.2) is 0 Å². The first-order valence-electron chi connectivity index (χ1n) is 5.51. The molecule has 1 aliphatic heterocycles. The van der Waals surface area contributed by atoms with Gasteiger partial charge in [0.2, 0.25) is 0 Å². The van der Waals surface area contributed by atoms with Crippen molar-refractivity contribution in [1.29, 1.82) is 0 Å². The van der Waals surface area contributed by atoms with Crippen LogP contribution in [0.1, 0.15) is 51.9 Å². The Bertz CT molecular complexity index is 169. The van der Waals surface area contributed by atoms with Gasteiger partial charge in [-0.3, -0.25) is 0 Å². The van der Waals surface area contributed by atoms with Crippen LogP contribution in [0.5, 0.6) is 0 Å². The van der Waals surface area contributed by atoms with Crippen molar-refractivity contribution < 1.29 is 4.74 Å². The molecule has 1 aliphatic rings. The van der Waals surface area contributed by atoms with Crippen LogP contribution >= 0.6 is 0 Å². The van der Waals surface area contributed by atoms with Gasteiger partial charge in [0.1, 0.15) is 0 Å². The second-order valence-corrected chi connectivity index (χ2v) is 3.63. The van der Waals surface area contributed by atoms with E-state index in [-0.39, 0.29) is 0 Å². The van der Waals surface area contributed by atoms with Crippen LogP contribution in [0, 0.1) is 11.8 Å². The highest BCUT2D eigenvalue weighted by atomic mass is 16.5. The van der Waals surface area contributed by atoms with Crippen molar-refractivity contribution in [3.8, 4) is 11.8 Å². The summed E-state index contributed by atoms with van der Waals surface area (Å²) in [5, 5.41) is 0. The highest BCUT2D eigenvalue weighted by Crippen LogP contribution is 2.16. The van der Waals surface area contributed by atoms with Crippen molar-refractivity contribution in [3.63, 3.8) is 0 Å². The van der Waals surface area contributed by atoms with E-state index in [1.54, 1.807) is 0 Å². The molecule has 74 valence electrons. The first-order valence-corrected chi connectivity index (χ1v) is 5.51. The third-order valence-corrected chi connectivity index (χ3v) is 2.37. The summed E-state index contributed by atoms with van der Waals surface area (Å²) in [4.78, 5) is 0. The van der Waals surface area contributed by atoms with E-state index in [1.807, 2.05) is 0 Å². The Balaban J connectivity index is 2.01. The Kier molecular flexibility index (Phi) is 5.69. The molecule has 1 rings (SSSR count). The van der Waals surface area contributed by atoms with Crippen molar-refractivity contribution in [2.75, 3.05) is 6.61 Å². The molecule has 1 atom stereocenters. The Labute approximate surface area is 81.9 Å². The molecular formula is C12H20O. The minimum absolute atomic E-state index is 0.504. The van der Waals surface area contributed by atoms with Gasteiger partial charge in [-0.25, -0.2) is 0 Å². The lowest BCUT2D eigenvalue weighted by Crippen LogP contribution is -2.18. The Morgan fingerprint density at radius 3 is 2.77 bits per heavy atom. The predicted molar refractivity (Wildman–Crippen MR) is 55.5 cm³/mol. The van der Waals surface area contributed by atoms with Gasteiger partial charge in [-0.1, -0.05) is 6.92 Å². The van der Waals surface area contributed by atoms with E-state index in [9.17, 15) is 0 Å². The Morgan fingerprint density at radius 1 is 1.23 bits per heavy atom. The number of unbranched alkanes of at least 4 members (excludes halogenated alkanes) is 1. The summed E-state index contributed by atoms with van der Waals surface area (Å²) in [7, 11) is 0. The SMILES string of the molecule is CCCC#CCCC1CCCCO1. The largest absolute Gasteiger partial charge is 0.378 e. The van der Waals surface area contributed by atoms with Crippen molar-refractivity contribution in [2.24, 2.45) is 0 Å². The standard InChI is InChI=1S/C12H20O/c1-2-3-4-5-6-9-12-10-7-8-11-13-12/h12H,2-3,6-11H2,1H3. The average molecular weight is 180 g/mol. The maximum Gasteiger partial charge on any atom is 0.0584 e. The van der Waals surface area contributed by atoms with E-state index in [1.165, 1.54) is 25.7 Å². The third kappa shape index (κ3) is 4.95. The van der Waals surface area contributed by atoms with E-state index in [4.69, 9.17) is 4.74 Å². The molecule has 0 aromatic carbocycles. The lowest BCUT2D eigenvalue weighted by molar-refractivity contribution is 0.0122. The monoisotopic (exact) mass is 180 g/mol. The molecule has 1 heterocycles. The summed E-state index contributed by atoms with van der Waals surface area (Å²) in [6.45, 7) is 3.13. The van der Waals surface area contributed by atoms with Gasteiger partial charge in [-0.2, -0.15) is 0 Å². The van der Waals surface area contributed by atoms with Crippen molar-refractivity contribution in [2.45, 2.75) is 58.0 Å². The summed E-state index contributed by atoms with van der Waals surface area (Å²) < 4.78 is 5.62. The molecule has 0 bridgehead atoms. The highest BCUT2D eigenvalue weighted by Gasteiger charge is 2.11. The van der Waals surface area contributed by atoms with Crippen LogP contribution in [0.3, 0.4) is 0 Å². The first kappa shape index (κ1) is 10.6.